The highest BCUT2D eigenvalue weighted by Crippen LogP contribution is 2.31. The molecule has 0 aliphatic carbocycles. The van der Waals surface area contributed by atoms with Gasteiger partial charge < -0.3 is 29.4 Å². The number of nitrogens with one attached hydrogen (secondary N) is 2. The van der Waals surface area contributed by atoms with Crippen molar-refractivity contribution in [1.29, 1.82) is 0 Å². The van der Waals surface area contributed by atoms with Crippen LogP contribution in [0.1, 0.15) is 38.8 Å². The van der Waals surface area contributed by atoms with Gasteiger partial charge in [0.1, 0.15) is 31.1 Å². The fourth-order valence-electron chi connectivity index (χ4n) is 4.18. The number of aromatic nitrogens is 4. The van der Waals surface area contributed by atoms with E-state index in [1.165, 1.54) is 22.1 Å². The van der Waals surface area contributed by atoms with E-state index < -0.39 is 48.3 Å². The van der Waals surface area contributed by atoms with Crippen LogP contribution < -0.4 is 10.6 Å². The molecule has 1 fully saturated rings. The number of likely N-dealkylation sites (tertiary alicyclic amines) is 1. The number of alkyl carbamates (subject to hydrolysis) is 1. The molecule has 0 spiro atoms. The standard InChI is InChI=1S/C25H29N7O7/c1-25(2,3)39-23(36)26-10-16-9-17(22(35)31(16)11-18(33)34)32-14-29-19-20(27-13-28-21(19)32)30-24(37)38-12-15-7-5-4-6-8-15/h4-8,13-14,16-17H,9-12H2,1-3H3,(H,26,36)(H,33,34)(H,27,28,30,37)/t16-,17+/m0/s1. The molecule has 3 N–H and O–H groups in total. The molecule has 39 heavy (non-hydrogen) atoms. The highest BCUT2D eigenvalue weighted by Gasteiger charge is 2.42. The number of fused-ring (bicyclic) bond motifs is 1. The van der Waals surface area contributed by atoms with Crippen LogP contribution >= 0.6 is 0 Å². The number of hydrogen-bond donors (Lipinski definition) is 3. The van der Waals surface area contributed by atoms with Crippen molar-refractivity contribution < 1.29 is 33.8 Å². The van der Waals surface area contributed by atoms with Crippen LogP contribution in [-0.2, 0) is 25.7 Å². The van der Waals surface area contributed by atoms with Crippen LogP contribution in [-0.4, -0.2) is 78.3 Å². The quantitative estimate of drug-likeness (QED) is 0.385. The zero-order chi connectivity index (χ0) is 28.2. The minimum absolute atomic E-state index is 0.00783. The monoisotopic (exact) mass is 539 g/mol. The second-order valence-electron chi connectivity index (χ2n) is 9.88. The number of rotatable bonds is 8. The van der Waals surface area contributed by atoms with Gasteiger partial charge in [0, 0.05) is 6.54 Å². The Morgan fingerprint density at radius 1 is 1.10 bits per heavy atom. The maximum Gasteiger partial charge on any atom is 0.413 e. The Kier molecular flexibility index (Phi) is 7.93. The largest absolute Gasteiger partial charge is 0.480 e. The van der Waals surface area contributed by atoms with Gasteiger partial charge in [0.15, 0.2) is 17.0 Å². The molecule has 0 unspecified atom stereocenters. The minimum atomic E-state index is -1.19. The number of nitrogens with zero attached hydrogens (tertiary/aromatic N) is 5. The minimum Gasteiger partial charge on any atom is -0.480 e. The number of ether oxygens (including phenoxy) is 2. The van der Waals surface area contributed by atoms with E-state index in [0.29, 0.717) is 0 Å². The molecule has 3 amide bonds. The second-order valence-corrected chi connectivity index (χ2v) is 9.88. The molecule has 3 aromatic rings. The highest BCUT2D eigenvalue weighted by atomic mass is 16.6. The lowest BCUT2D eigenvalue weighted by atomic mass is 10.1. The first-order valence-electron chi connectivity index (χ1n) is 12.2. The maximum absolute atomic E-state index is 13.3. The van der Waals surface area contributed by atoms with E-state index in [-0.39, 0.29) is 36.6 Å². The lowest BCUT2D eigenvalue weighted by Crippen LogP contribution is -2.45. The molecule has 1 aliphatic heterocycles. The predicted molar refractivity (Wildman–Crippen MR) is 137 cm³/mol. The van der Waals surface area contributed by atoms with Crippen molar-refractivity contribution in [2.45, 2.75) is 51.5 Å². The first-order chi connectivity index (χ1) is 18.5. The number of carbonyl (C=O) groups is 4. The molecule has 206 valence electrons. The number of benzene rings is 1. The molecule has 4 rings (SSSR count). The van der Waals surface area contributed by atoms with Crippen LogP contribution in [0.3, 0.4) is 0 Å². The summed E-state index contributed by atoms with van der Waals surface area (Å²) in [5, 5.41) is 14.5. The molecular weight excluding hydrogens is 510 g/mol. The van der Waals surface area contributed by atoms with E-state index in [1.54, 1.807) is 20.8 Å². The summed E-state index contributed by atoms with van der Waals surface area (Å²) >= 11 is 0. The lowest BCUT2D eigenvalue weighted by molar-refractivity contribution is -0.144. The van der Waals surface area contributed by atoms with Gasteiger partial charge >= 0.3 is 18.2 Å². The Morgan fingerprint density at radius 2 is 1.85 bits per heavy atom. The molecular formula is C25H29N7O7. The third-order valence-electron chi connectivity index (χ3n) is 5.82. The van der Waals surface area contributed by atoms with Crippen molar-refractivity contribution in [1.82, 2.24) is 29.7 Å². The van der Waals surface area contributed by atoms with Crippen molar-refractivity contribution in [2.24, 2.45) is 0 Å². The summed E-state index contributed by atoms with van der Waals surface area (Å²) in [5.41, 5.74) is 0.583. The SMILES string of the molecule is CC(C)(C)OC(=O)NC[C@@H]1C[C@@H](n2cnc3c(NC(=O)OCc4ccccc4)ncnc32)C(=O)N1CC(=O)O. The molecule has 3 heterocycles. The van der Waals surface area contributed by atoms with Crippen molar-refractivity contribution in [3.8, 4) is 0 Å². The van der Waals surface area contributed by atoms with Gasteiger partial charge in [0.05, 0.1) is 12.4 Å². The molecule has 14 heteroatoms. The summed E-state index contributed by atoms with van der Waals surface area (Å²) in [4.78, 5) is 63.0. The summed E-state index contributed by atoms with van der Waals surface area (Å²) in [6, 6.07) is 7.70. The second kappa shape index (κ2) is 11.3. The van der Waals surface area contributed by atoms with E-state index in [2.05, 4.69) is 25.6 Å². The summed E-state index contributed by atoms with van der Waals surface area (Å²) in [5.74, 6) is -1.57. The summed E-state index contributed by atoms with van der Waals surface area (Å²) in [6.07, 6.45) is 1.35. The molecule has 0 bridgehead atoms. The number of carboxylic acids is 1. The lowest BCUT2D eigenvalue weighted by Gasteiger charge is -2.24. The van der Waals surface area contributed by atoms with Crippen molar-refractivity contribution >= 4 is 41.0 Å². The van der Waals surface area contributed by atoms with Gasteiger partial charge in [0.25, 0.3) is 0 Å². The van der Waals surface area contributed by atoms with Crippen LogP contribution in [0.15, 0.2) is 43.0 Å². The molecule has 1 aromatic carbocycles. The normalized spacial score (nSPS) is 17.2. The molecule has 0 radical (unpaired) electrons. The number of hydrogen-bond acceptors (Lipinski definition) is 9. The van der Waals surface area contributed by atoms with Gasteiger partial charge in [0.2, 0.25) is 5.91 Å². The van der Waals surface area contributed by atoms with Crippen molar-refractivity contribution in [2.75, 3.05) is 18.4 Å². The summed E-state index contributed by atoms with van der Waals surface area (Å²) < 4.78 is 12.0. The third-order valence-corrected chi connectivity index (χ3v) is 5.82. The maximum atomic E-state index is 13.3. The first-order valence-corrected chi connectivity index (χ1v) is 12.2. The Hall–Kier alpha value is -4.75. The van der Waals surface area contributed by atoms with Crippen LogP contribution in [0.4, 0.5) is 15.4 Å². The van der Waals surface area contributed by atoms with E-state index in [4.69, 9.17) is 9.47 Å². The number of imidazole rings is 1. The fraction of sp³-hybridized carbons (Fsp3) is 0.400. The average Bonchev–Trinajstić information content (AvgIpc) is 3.42. The highest BCUT2D eigenvalue weighted by molar-refractivity contribution is 5.94. The number of anilines is 1. The number of carbonyl (C=O) groups excluding carboxylic acids is 3. The summed E-state index contributed by atoms with van der Waals surface area (Å²) in [6.45, 7) is 4.66. The van der Waals surface area contributed by atoms with E-state index in [0.717, 1.165) is 5.56 Å². The molecule has 1 saturated heterocycles. The van der Waals surface area contributed by atoms with Gasteiger partial charge in [-0.1, -0.05) is 30.3 Å². The van der Waals surface area contributed by atoms with Crippen LogP contribution in [0.2, 0.25) is 0 Å². The predicted octanol–water partition coefficient (Wildman–Crippen LogP) is 2.33. The topological polar surface area (TPSA) is 178 Å². The Labute approximate surface area is 223 Å². The molecule has 0 saturated carbocycles. The fourth-order valence-corrected chi connectivity index (χ4v) is 4.18. The van der Waals surface area contributed by atoms with E-state index in [1.807, 2.05) is 30.3 Å². The van der Waals surface area contributed by atoms with Crippen LogP contribution in [0, 0.1) is 0 Å². The molecule has 1 aliphatic rings. The van der Waals surface area contributed by atoms with Crippen molar-refractivity contribution in [3.05, 3.63) is 48.5 Å². The Balaban J connectivity index is 1.49. The third kappa shape index (κ3) is 6.77. The molecule has 2 atom stereocenters. The average molecular weight is 540 g/mol. The van der Waals surface area contributed by atoms with Crippen LogP contribution in [0.5, 0.6) is 0 Å². The zero-order valence-corrected chi connectivity index (χ0v) is 21.7. The number of aliphatic carboxylic acids is 1. The molecule has 2 aromatic heterocycles. The zero-order valence-electron chi connectivity index (χ0n) is 21.7. The molecule has 14 nitrogen and oxygen atoms in total. The number of carboxylic acid groups (broad SMARTS) is 1. The first kappa shape index (κ1) is 27.3. The summed E-state index contributed by atoms with van der Waals surface area (Å²) in [7, 11) is 0. The van der Waals surface area contributed by atoms with E-state index in [9.17, 15) is 24.3 Å². The van der Waals surface area contributed by atoms with Gasteiger partial charge in [-0.15, -0.1) is 0 Å². The van der Waals surface area contributed by atoms with Crippen molar-refractivity contribution in [3.63, 3.8) is 0 Å². The Bertz CT molecular complexity index is 1370. The van der Waals surface area contributed by atoms with Crippen LogP contribution in [0.25, 0.3) is 11.2 Å². The van der Waals surface area contributed by atoms with Gasteiger partial charge in [-0.3, -0.25) is 14.9 Å². The Morgan fingerprint density at radius 3 is 2.54 bits per heavy atom. The van der Waals surface area contributed by atoms with E-state index >= 15 is 0 Å². The smallest absolute Gasteiger partial charge is 0.413 e. The van der Waals surface area contributed by atoms with Gasteiger partial charge in [-0.05, 0) is 32.8 Å². The number of amides is 3. The van der Waals surface area contributed by atoms with Gasteiger partial charge in [-0.2, -0.15) is 0 Å². The van der Waals surface area contributed by atoms with Gasteiger partial charge in [-0.25, -0.2) is 24.5 Å².